The maximum Gasteiger partial charge on any atom is 0.243 e. The van der Waals surface area contributed by atoms with Crippen molar-refractivity contribution in [2.45, 2.75) is 44.5 Å². The van der Waals surface area contributed by atoms with Crippen molar-refractivity contribution >= 4 is 47.6 Å². The fourth-order valence-electron chi connectivity index (χ4n) is 3.13. The van der Waals surface area contributed by atoms with Gasteiger partial charge in [0.1, 0.15) is 12.6 Å². The molecule has 9 heteroatoms. The number of likely N-dealkylation sites (N-methyl/N-ethyl adjacent to an activating group) is 1. The van der Waals surface area contributed by atoms with Crippen LogP contribution in [0.15, 0.2) is 4.99 Å². The SMILES string of the molecule is CSCCNC(=NCC(=O)N(C)C)NCC1COC2(CCC(C)CC2)O1.I. The van der Waals surface area contributed by atoms with Crippen molar-refractivity contribution < 1.29 is 14.3 Å². The molecular formula is C18H35IN4O3S. The van der Waals surface area contributed by atoms with E-state index in [1.807, 2.05) is 0 Å². The van der Waals surface area contributed by atoms with E-state index in [-0.39, 0.29) is 48.3 Å². The molecule has 1 amide bonds. The van der Waals surface area contributed by atoms with Crippen LogP contribution in [-0.2, 0) is 14.3 Å². The molecule has 2 fully saturated rings. The van der Waals surface area contributed by atoms with Crippen molar-refractivity contribution in [3.05, 3.63) is 0 Å². The molecule has 2 rings (SSSR count). The van der Waals surface area contributed by atoms with Gasteiger partial charge in [-0.3, -0.25) is 4.79 Å². The molecule has 0 bridgehead atoms. The number of guanidine groups is 1. The first-order valence-corrected chi connectivity index (χ1v) is 10.9. The molecule has 2 aliphatic rings. The second-order valence-electron chi connectivity index (χ2n) is 7.40. The molecule has 0 radical (unpaired) electrons. The van der Waals surface area contributed by atoms with Crippen molar-refractivity contribution in [3.63, 3.8) is 0 Å². The van der Waals surface area contributed by atoms with Gasteiger partial charge in [0.25, 0.3) is 0 Å². The molecule has 1 saturated carbocycles. The summed E-state index contributed by atoms with van der Waals surface area (Å²) in [5, 5.41) is 6.57. The van der Waals surface area contributed by atoms with E-state index in [2.05, 4.69) is 28.8 Å². The van der Waals surface area contributed by atoms with Gasteiger partial charge in [-0.05, 0) is 25.0 Å². The van der Waals surface area contributed by atoms with Gasteiger partial charge in [-0.25, -0.2) is 4.99 Å². The first-order valence-electron chi connectivity index (χ1n) is 9.47. The minimum Gasteiger partial charge on any atom is -0.356 e. The van der Waals surface area contributed by atoms with Crippen LogP contribution in [0, 0.1) is 5.92 Å². The second kappa shape index (κ2) is 12.3. The minimum atomic E-state index is -0.372. The largest absolute Gasteiger partial charge is 0.356 e. The second-order valence-corrected chi connectivity index (χ2v) is 8.38. The Morgan fingerprint density at radius 3 is 2.63 bits per heavy atom. The van der Waals surface area contributed by atoms with Crippen LogP contribution in [0.4, 0.5) is 0 Å². The van der Waals surface area contributed by atoms with Crippen LogP contribution in [0.1, 0.15) is 32.6 Å². The van der Waals surface area contributed by atoms with Gasteiger partial charge >= 0.3 is 0 Å². The van der Waals surface area contributed by atoms with Crippen LogP contribution in [0.3, 0.4) is 0 Å². The third kappa shape index (κ3) is 8.33. The summed E-state index contributed by atoms with van der Waals surface area (Å²) in [6.07, 6.45) is 6.37. The third-order valence-corrected chi connectivity index (χ3v) is 5.53. The van der Waals surface area contributed by atoms with Gasteiger partial charge in [-0.15, -0.1) is 24.0 Å². The molecule has 158 valence electrons. The topological polar surface area (TPSA) is 75.2 Å². The summed E-state index contributed by atoms with van der Waals surface area (Å²) >= 11 is 1.77. The van der Waals surface area contributed by atoms with Crippen LogP contribution in [0.2, 0.25) is 0 Å². The predicted molar refractivity (Wildman–Crippen MR) is 122 cm³/mol. The van der Waals surface area contributed by atoms with E-state index in [9.17, 15) is 4.79 Å². The van der Waals surface area contributed by atoms with Gasteiger partial charge < -0.3 is 25.0 Å². The van der Waals surface area contributed by atoms with Crippen molar-refractivity contribution in [1.29, 1.82) is 0 Å². The van der Waals surface area contributed by atoms with E-state index in [4.69, 9.17) is 9.47 Å². The Morgan fingerprint density at radius 2 is 2.00 bits per heavy atom. The van der Waals surface area contributed by atoms with Gasteiger partial charge in [0.2, 0.25) is 5.91 Å². The van der Waals surface area contributed by atoms with Crippen LogP contribution < -0.4 is 10.6 Å². The first kappa shape index (κ1) is 24.8. The number of hydrogen-bond acceptors (Lipinski definition) is 5. The highest BCUT2D eigenvalue weighted by atomic mass is 127. The Bertz CT molecular complexity index is 485. The number of hydrogen-bond donors (Lipinski definition) is 2. The van der Waals surface area contributed by atoms with Gasteiger partial charge in [-0.2, -0.15) is 11.8 Å². The molecule has 1 atom stereocenters. The van der Waals surface area contributed by atoms with Crippen LogP contribution >= 0.6 is 35.7 Å². The number of halogens is 1. The number of rotatable bonds is 7. The quantitative estimate of drug-likeness (QED) is 0.234. The zero-order valence-corrected chi connectivity index (χ0v) is 20.1. The van der Waals surface area contributed by atoms with Crippen molar-refractivity contribution in [3.8, 4) is 0 Å². The normalized spacial score (nSPS) is 27.9. The summed E-state index contributed by atoms with van der Waals surface area (Å²) in [5.74, 6) is 2.00. The molecule has 0 aromatic heterocycles. The van der Waals surface area contributed by atoms with Crippen LogP contribution in [-0.4, -0.2) is 81.0 Å². The maximum absolute atomic E-state index is 11.8. The van der Waals surface area contributed by atoms with Crippen molar-refractivity contribution in [2.75, 3.05) is 52.3 Å². The van der Waals surface area contributed by atoms with E-state index in [0.29, 0.717) is 19.1 Å². The highest BCUT2D eigenvalue weighted by molar-refractivity contribution is 14.0. The number of thioether (sulfide) groups is 1. The Kier molecular flexibility index (Phi) is 11.3. The molecule has 0 aromatic rings. The van der Waals surface area contributed by atoms with E-state index in [1.54, 1.807) is 30.8 Å². The molecule has 1 unspecified atom stereocenters. The molecular weight excluding hydrogens is 479 g/mol. The number of nitrogens with zero attached hydrogens (tertiary/aromatic N) is 2. The summed E-state index contributed by atoms with van der Waals surface area (Å²) in [7, 11) is 3.47. The first-order chi connectivity index (χ1) is 12.4. The zero-order valence-electron chi connectivity index (χ0n) is 17.0. The lowest BCUT2D eigenvalue weighted by Gasteiger charge is -2.34. The van der Waals surface area contributed by atoms with Gasteiger partial charge in [-0.1, -0.05) is 6.92 Å². The molecule has 1 saturated heterocycles. The molecule has 7 nitrogen and oxygen atoms in total. The number of nitrogens with one attached hydrogen (secondary N) is 2. The molecule has 1 aliphatic heterocycles. The van der Waals surface area contributed by atoms with Gasteiger partial charge in [0, 0.05) is 45.8 Å². The molecule has 0 aromatic carbocycles. The Hall–Kier alpha value is -0.260. The summed E-state index contributed by atoms with van der Waals surface area (Å²) in [6, 6.07) is 0. The zero-order chi connectivity index (χ0) is 19.0. The summed E-state index contributed by atoms with van der Waals surface area (Å²) < 4.78 is 12.2. The van der Waals surface area contributed by atoms with Crippen LogP contribution in [0.25, 0.3) is 0 Å². The Morgan fingerprint density at radius 1 is 1.30 bits per heavy atom. The molecule has 27 heavy (non-hydrogen) atoms. The number of ether oxygens (including phenoxy) is 2. The third-order valence-electron chi connectivity index (χ3n) is 4.92. The average Bonchev–Trinajstić information content (AvgIpc) is 3.02. The number of aliphatic imine (C=N–C) groups is 1. The average molecular weight is 514 g/mol. The fraction of sp³-hybridized carbons (Fsp3) is 0.889. The lowest BCUT2D eigenvalue weighted by molar-refractivity contribution is -0.191. The lowest BCUT2D eigenvalue weighted by atomic mass is 9.86. The van der Waals surface area contributed by atoms with Gasteiger partial charge in [0.15, 0.2) is 11.7 Å². The maximum atomic E-state index is 11.8. The summed E-state index contributed by atoms with van der Waals surface area (Å²) in [5.41, 5.74) is 0. The Labute approximate surface area is 184 Å². The molecule has 2 N–H and O–H groups in total. The standard InChI is InChI=1S/C18H34N4O3S.HI/c1-14-5-7-18(8-6-14)24-13-15(25-18)11-20-17(19-9-10-26-4)21-12-16(23)22(2)3;/h14-15H,5-13H2,1-4H3,(H2,19,20,21);1H. The van der Waals surface area contributed by atoms with E-state index in [1.165, 1.54) is 0 Å². The highest BCUT2D eigenvalue weighted by Gasteiger charge is 2.43. The number of carbonyl (C=O) groups is 1. The predicted octanol–water partition coefficient (Wildman–Crippen LogP) is 1.91. The van der Waals surface area contributed by atoms with E-state index < -0.39 is 0 Å². The van der Waals surface area contributed by atoms with Gasteiger partial charge in [0.05, 0.1) is 6.61 Å². The van der Waals surface area contributed by atoms with E-state index >= 15 is 0 Å². The monoisotopic (exact) mass is 514 g/mol. The van der Waals surface area contributed by atoms with Crippen LogP contribution in [0.5, 0.6) is 0 Å². The number of carbonyl (C=O) groups excluding carboxylic acids is 1. The Balaban J connectivity index is 0.00000364. The van der Waals surface area contributed by atoms with Crippen molar-refractivity contribution in [2.24, 2.45) is 10.9 Å². The van der Waals surface area contributed by atoms with Crippen molar-refractivity contribution in [1.82, 2.24) is 15.5 Å². The molecule has 1 heterocycles. The number of amides is 1. The van der Waals surface area contributed by atoms with E-state index in [0.717, 1.165) is 43.9 Å². The summed E-state index contributed by atoms with van der Waals surface area (Å²) in [4.78, 5) is 17.7. The minimum absolute atomic E-state index is 0. The molecule has 1 aliphatic carbocycles. The fourth-order valence-corrected chi connectivity index (χ4v) is 3.43. The highest BCUT2D eigenvalue weighted by Crippen LogP contribution is 2.39. The molecule has 1 spiro atoms. The smallest absolute Gasteiger partial charge is 0.243 e. The lowest BCUT2D eigenvalue weighted by Crippen LogP contribution is -2.44. The summed E-state index contributed by atoms with van der Waals surface area (Å²) in [6.45, 7) is 4.45.